The summed E-state index contributed by atoms with van der Waals surface area (Å²) in [6.45, 7) is 1.83. The maximum absolute atomic E-state index is 12.7. The van der Waals surface area contributed by atoms with Crippen LogP contribution in [0.5, 0.6) is 0 Å². The van der Waals surface area contributed by atoms with Crippen LogP contribution in [0.3, 0.4) is 0 Å². The molecule has 1 aromatic heterocycles. The number of carbonyl (C=O) groups excluding carboxylic acids is 1. The number of hydrogen-bond donors (Lipinski definition) is 0. The molecular formula is C15H17NO4S2. The van der Waals surface area contributed by atoms with Crippen LogP contribution in [-0.4, -0.2) is 32.8 Å². The molecule has 1 aromatic carbocycles. The number of thiophene rings is 1. The van der Waals surface area contributed by atoms with E-state index in [4.69, 9.17) is 0 Å². The molecule has 0 bridgehead atoms. The summed E-state index contributed by atoms with van der Waals surface area (Å²) in [7, 11) is -0.906. The predicted octanol–water partition coefficient (Wildman–Crippen LogP) is 2.92. The normalized spacial score (nSPS) is 13.1. The number of nitrogens with zero attached hydrogens (tertiary/aromatic N) is 1. The smallest absolute Gasteiger partial charge is 0.337 e. The van der Waals surface area contributed by atoms with Crippen molar-refractivity contribution in [2.75, 3.05) is 14.2 Å². The van der Waals surface area contributed by atoms with Crippen LogP contribution in [0, 0.1) is 0 Å². The van der Waals surface area contributed by atoms with E-state index in [2.05, 4.69) is 4.74 Å². The summed E-state index contributed by atoms with van der Waals surface area (Å²) in [4.78, 5) is 12.6. The summed E-state index contributed by atoms with van der Waals surface area (Å²) in [5.41, 5.74) is 0.209. The highest BCUT2D eigenvalue weighted by Gasteiger charge is 2.27. The van der Waals surface area contributed by atoms with Crippen molar-refractivity contribution < 1.29 is 17.9 Å². The number of sulfonamides is 1. The van der Waals surface area contributed by atoms with Gasteiger partial charge in [-0.05, 0) is 36.6 Å². The van der Waals surface area contributed by atoms with Gasteiger partial charge in [0.15, 0.2) is 0 Å². The van der Waals surface area contributed by atoms with E-state index in [0.717, 1.165) is 4.88 Å². The van der Waals surface area contributed by atoms with E-state index in [0.29, 0.717) is 0 Å². The van der Waals surface area contributed by atoms with E-state index >= 15 is 0 Å². The highest BCUT2D eigenvalue weighted by molar-refractivity contribution is 7.89. The molecule has 0 radical (unpaired) electrons. The Bertz CT molecular complexity index is 754. The molecule has 0 amide bonds. The van der Waals surface area contributed by atoms with Gasteiger partial charge in [0.2, 0.25) is 10.0 Å². The molecule has 1 heterocycles. The van der Waals surface area contributed by atoms with Crippen molar-refractivity contribution in [2.45, 2.75) is 17.9 Å². The number of ether oxygens (including phenoxy) is 1. The monoisotopic (exact) mass is 339 g/mol. The first kappa shape index (κ1) is 16.7. The van der Waals surface area contributed by atoms with Crippen molar-refractivity contribution in [3.8, 4) is 0 Å². The first-order valence-electron chi connectivity index (χ1n) is 6.57. The molecule has 0 aliphatic heterocycles. The summed E-state index contributed by atoms with van der Waals surface area (Å²) < 4.78 is 31.3. The Kier molecular flexibility index (Phi) is 5.00. The molecular weight excluding hydrogens is 322 g/mol. The largest absolute Gasteiger partial charge is 0.465 e. The third-order valence-corrected chi connectivity index (χ3v) is 6.40. The van der Waals surface area contributed by atoms with Crippen LogP contribution >= 0.6 is 11.3 Å². The first-order chi connectivity index (χ1) is 10.4. The first-order valence-corrected chi connectivity index (χ1v) is 8.89. The molecule has 0 N–H and O–H groups in total. The molecule has 22 heavy (non-hydrogen) atoms. The van der Waals surface area contributed by atoms with E-state index < -0.39 is 16.0 Å². The molecule has 0 saturated carbocycles. The summed E-state index contributed by atoms with van der Waals surface area (Å²) >= 11 is 1.50. The standard InChI is InChI=1S/C15H17NO4S2/c1-11(14-8-5-9-21-14)16(2)22(18,19)13-7-4-6-12(10-13)15(17)20-3/h4-11H,1-3H3. The lowest BCUT2D eigenvalue weighted by Gasteiger charge is -2.23. The lowest BCUT2D eigenvalue weighted by atomic mass is 10.2. The van der Waals surface area contributed by atoms with Crippen molar-refractivity contribution in [3.63, 3.8) is 0 Å². The van der Waals surface area contributed by atoms with Crippen molar-refractivity contribution in [3.05, 3.63) is 52.2 Å². The number of hydrogen-bond acceptors (Lipinski definition) is 5. The maximum atomic E-state index is 12.7. The molecule has 2 aromatic rings. The van der Waals surface area contributed by atoms with Gasteiger partial charge in [-0.3, -0.25) is 0 Å². The van der Waals surface area contributed by atoms with Crippen molar-refractivity contribution in [1.29, 1.82) is 0 Å². The minimum Gasteiger partial charge on any atom is -0.465 e. The predicted molar refractivity (Wildman–Crippen MR) is 85.5 cm³/mol. The zero-order chi connectivity index (χ0) is 16.3. The zero-order valence-electron chi connectivity index (χ0n) is 12.5. The Morgan fingerprint density at radius 1 is 1.27 bits per heavy atom. The van der Waals surface area contributed by atoms with Crippen LogP contribution in [0.1, 0.15) is 28.2 Å². The fourth-order valence-corrected chi connectivity index (χ4v) is 4.27. The van der Waals surface area contributed by atoms with Gasteiger partial charge in [0.25, 0.3) is 0 Å². The minimum atomic E-state index is -3.70. The van der Waals surface area contributed by atoms with Crippen molar-refractivity contribution in [1.82, 2.24) is 4.31 Å². The summed E-state index contributed by atoms with van der Waals surface area (Å²) in [6.07, 6.45) is 0. The van der Waals surface area contributed by atoms with Gasteiger partial charge in [-0.2, -0.15) is 4.31 Å². The van der Waals surface area contributed by atoms with Crippen LogP contribution in [0.25, 0.3) is 0 Å². The van der Waals surface area contributed by atoms with Gasteiger partial charge in [-0.15, -0.1) is 11.3 Å². The Balaban J connectivity index is 2.36. The molecule has 1 unspecified atom stereocenters. The Morgan fingerprint density at radius 3 is 2.59 bits per heavy atom. The van der Waals surface area contributed by atoms with Gasteiger partial charge in [0, 0.05) is 11.9 Å². The number of esters is 1. The van der Waals surface area contributed by atoms with Crippen LogP contribution < -0.4 is 0 Å². The lowest BCUT2D eigenvalue weighted by molar-refractivity contribution is 0.0600. The van der Waals surface area contributed by atoms with E-state index in [-0.39, 0.29) is 16.5 Å². The summed E-state index contributed by atoms with van der Waals surface area (Å²) in [5, 5.41) is 1.91. The van der Waals surface area contributed by atoms with E-state index in [9.17, 15) is 13.2 Å². The molecule has 5 nitrogen and oxygen atoms in total. The Morgan fingerprint density at radius 2 is 2.00 bits per heavy atom. The molecule has 0 saturated heterocycles. The fraction of sp³-hybridized carbons (Fsp3) is 0.267. The maximum Gasteiger partial charge on any atom is 0.337 e. The van der Waals surface area contributed by atoms with Gasteiger partial charge in [-0.1, -0.05) is 12.1 Å². The van der Waals surface area contributed by atoms with Crippen LogP contribution in [0.15, 0.2) is 46.7 Å². The number of carbonyl (C=O) groups is 1. The second-order valence-corrected chi connectivity index (χ2v) is 7.71. The Hall–Kier alpha value is -1.70. The van der Waals surface area contributed by atoms with Gasteiger partial charge in [-0.25, -0.2) is 13.2 Å². The highest BCUT2D eigenvalue weighted by atomic mass is 32.2. The molecule has 1 atom stereocenters. The molecule has 118 valence electrons. The third-order valence-electron chi connectivity index (χ3n) is 3.43. The third kappa shape index (κ3) is 3.21. The second kappa shape index (κ2) is 6.60. The number of benzene rings is 1. The van der Waals surface area contributed by atoms with Crippen LogP contribution in [0.2, 0.25) is 0 Å². The van der Waals surface area contributed by atoms with Gasteiger partial charge in [0.1, 0.15) is 0 Å². The minimum absolute atomic E-state index is 0.0707. The Labute approximate surface area is 134 Å². The SMILES string of the molecule is COC(=O)c1cccc(S(=O)(=O)N(C)C(C)c2cccs2)c1. The molecule has 0 aliphatic rings. The average molecular weight is 339 g/mol. The lowest BCUT2D eigenvalue weighted by Crippen LogP contribution is -2.29. The van der Waals surface area contributed by atoms with Crippen molar-refractivity contribution >= 4 is 27.3 Å². The molecule has 7 heteroatoms. The number of methoxy groups -OCH3 is 1. The topological polar surface area (TPSA) is 63.7 Å². The molecule has 0 fully saturated rings. The molecule has 0 spiro atoms. The van der Waals surface area contributed by atoms with Crippen LogP contribution in [0.4, 0.5) is 0 Å². The highest BCUT2D eigenvalue weighted by Crippen LogP contribution is 2.28. The van der Waals surface area contributed by atoms with Gasteiger partial charge >= 0.3 is 5.97 Å². The summed E-state index contributed by atoms with van der Waals surface area (Å²) in [6, 6.07) is 9.35. The fourth-order valence-electron chi connectivity index (χ4n) is 1.98. The molecule has 2 rings (SSSR count). The second-order valence-electron chi connectivity index (χ2n) is 4.73. The van der Waals surface area contributed by atoms with Crippen LogP contribution in [-0.2, 0) is 14.8 Å². The quantitative estimate of drug-likeness (QED) is 0.786. The average Bonchev–Trinajstić information content (AvgIpc) is 3.07. The van der Waals surface area contributed by atoms with E-state index in [1.807, 2.05) is 24.4 Å². The van der Waals surface area contributed by atoms with Gasteiger partial charge < -0.3 is 4.74 Å². The zero-order valence-corrected chi connectivity index (χ0v) is 14.1. The van der Waals surface area contributed by atoms with Gasteiger partial charge in [0.05, 0.1) is 23.6 Å². The summed E-state index contributed by atoms with van der Waals surface area (Å²) in [5.74, 6) is -0.564. The van der Waals surface area contributed by atoms with Crippen molar-refractivity contribution in [2.24, 2.45) is 0 Å². The van der Waals surface area contributed by atoms with E-state index in [1.54, 1.807) is 0 Å². The number of rotatable bonds is 5. The van der Waals surface area contributed by atoms with E-state index in [1.165, 1.54) is 54.1 Å². The molecule has 0 aliphatic carbocycles.